The molecule has 82 valence electrons. The van der Waals surface area contributed by atoms with Gasteiger partial charge in [-0.3, -0.25) is 0 Å². The Morgan fingerprint density at radius 1 is 1.29 bits per heavy atom. The van der Waals surface area contributed by atoms with Gasteiger partial charge >= 0.3 is 0 Å². The zero-order valence-corrected chi connectivity index (χ0v) is 10.8. The summed E-state index contributed by atoms with van der Waals surface area (Å²) in [5.41, 5.74) is -0.502. The van der Waals surface area contributed by atoms with Crippen molar-refractivity contribution in [3.8, 4) is 12.3 Å². The van der Waals surface area contributed by atoms with Crippen molar-refractivity contribution in [1.29, 1.82) is 0 Å². The van der Waals surface area contributed by atoms with Crippen molar-refractivity contribution in [3.05, 3.63) is 0 Å². The van der Waals surface area contributed by atoms with Crippen LogP contribution >= 0.6 is 0 Å². The summed E-state index contributed by atoms with van der Waals surface area (Å²) < 4.78 is 14.6. The van der Waals surface area contributed by atoms with Gasteiger partial charge in [0.1, 0.15) is 0 Å². The molecule has 3 heteroatoms. The van der Waals surface area contributed by atoms with E-state index >= 15 is 0 Å². The zero-order valence-electron chi connectivity index (χ0n) is 9.97. The highest BCUT2D eigenvalue weighted by Gasteiger charge is 2.31. The molecule has 14 heavy (non-hydrogen) atoms. The van der Waals surface area contributed by atoms with E-state index in [1.165, 1.54) is 0 Å². The Hall–Kier alpha value is -0.330. The van der Waals surface area contributed by atoms with Crippen molar-refractivity contribution in [1.82, 2.24) is 4.72 Å². The van der Waals surface area contributed by atoms with Crippen molar-refractivity contribution in [3.63, 3.8) is 0 Å². The van der Waals surface area contributed by atoms with Crippen LogP contribution in [0.2, 0.25) is 0 Å². The molecule has 2 atom stereocenters. The third-order valence-electron chi connectivity index (χ3n) is 2.32. The summed E-state index contributed by atoms with van der Waals surface area (Å²) in [4.78, 5) is 0. The molecule has 0 aliphatic heterocycles. The molecule has 0 aromatic rings. The lowest BCUT2D eigenvalue weighted by Gasteiger charge is -2.32. The van der Waals surface area contributed by atoms with Crippen molar-refractivity contribution < 1.29 is 4.21 Å². The van der Waals surface area contributed by atoms with Crippen LogP contribution in [0.5, 0.6) is 0 Å². The van der Waals surface area contributed by atoms with Crippen LogP contribution in [0.25, 0.3) is 0 Å². The molecule has 0 rings (SSSR count). The number of nitrogens with one attached hydrogen (secondary N) is 1. The van der Waals surface area contributed by atoms with Gasteiger partial charge in [-0.05, 0) is 33.6 Å². The molecule has 0 saturated carbocycles. The molecule has 0 aliphatic rings. The molecule has 0 aliphatic carbocycles. The molecule has 2 nitrogen and oxygen atoms in total. The van der Waals surface area contributed by atoms with Crippen LogP contribution < -0.4 is 4.72 Å². The van der Waals surface area contributed by atoms with Crippen molar-refractivity contribution in [2.24, 2.45) is 5.92 Å². The maximum atomic E-state index is 11.8. The highest BCUT2D eigenvalue weighted by atomic mass is 32.2. The molecule has 0 saturated heterocycles. The molecule has 0 bridgehead atoms. The van der Waals surface area contributed by atoms with Gasteiger partial charge in [-0.2, -0.15) is 0 Å². The summed E-state index contributed by atoms with van der Waals surface area (Å²) in [5, 5.41) is 0. The molecule has 0 spiro atoms. The summed E-state index contributed by atoms with van der Waals surface area (Å²) in [6.45, 7) is 11.7. The number of terminal acetylenes is 1. The fourth-order valence-corrected chi connectivity index (χ4v) is 1.65. The minimum Gasteiger partial charge on any atom is -0.242 e. The maximum absolute atomic E-state index is 11.8. The van der Waals surface area contributed by atoms with E-state index in [1.807, 2.05) is 41.5 Å². The zero-order chi connectivity index (χ0) is 11.6. The van der Waals surface area contributed by atoms with Gasteiger partial charge in [-0.25, -0.2) is 8.93 Å². The molecule has 0 amide bonds. The summed E-state index contributed by atoms with van der Waals surface area (Å²) in [5.74, 6) is 2.93. The Kier molecular flexibility index (Phi) is 4.35. The summed E-state index contributed by atoms with van der Waals surface area (Å²) in [6, 6.07) is 0. The molecule has 0 aromatic carbocycles. The second kappa shape index (κ2) is 4.46. The van der Waals surface area contributed by atoms with Crippen LogP contribution in [0.4, 0.5) is 0 Å². The van der Waals surface area contributed by atoms with Crippen LogP contribution in [0.15, 0.2) is 0 Å². The summed E-state index contributed by atoms with van der Waals surface area (Å²) in [7, 11) is -1.12. The first kappa shape index (κ1) is 13.7. The average Bonchev–Trinajstić information content (AvgIpc) is 2.02. The van der Waals surface area contributed by atoms with Crippen molar-refractivity contribution in [2.45, 2.75) is 51.8 Å². The first-order chi connectivity index (χ1) is 6.13. The van der Waals surface area contributed by atoms with E-state index in [4.69, 9.17) is 6.42 Å². The van der Waals surface area contributed by atoms with Crippen LogP contribution in [-0.2, 0) is 11.0 Å². The smallest absolute Gasteiger partial charge is 0.0983 e. The van der Waals surface area contributed by atoms with E-state index in [9.17, 15) is 4.21 Å². The fraction of sp³-hybridized carbons (Fsp3) is 0.818. The Morgan fingerprint density at radius 3 is 1.93 bits per heavy atom. The number of hydrogen-bond acceptors (Lipinski definition) is 1. The van der Waals surface area contributed by atoms with Crippen LogP contribution in [0, 0.1) is 18.3 Å². The highest BCUT2D eigenvalue weighted by Crippen LogP contribution is 2.19. The van der Waals surface area contributed by atoms with Crippen LogP contribution in [-0.4, -0.2) is 14.5 Å². The minimum atomic E-state index is -1.12. The lowest BCUT2D eigenvalue weighted by Crippen LogP contribution is -2.50. The van der Waals surface area contributed by atoms with Gasteiger partial charge in [0.2, 0.25) is 0 Å². The van der Waals surface area contributed by atoms with Gasteiger partial charge in [0, 0.05) is 0 Å². The Labute approximate surface area is 90.4 Å². The SMILES string of the molecule is C#C[C@@](C)(N[S@@](=O)C(C)(C)C)C(C)C. The molecule has 0 radical (unpaired) electrons. The van der Waals surface area contributed by atoms with E-state index in [0.29, 0.717) is 0 Å². The maximum Gasteiger partial charge on any atom is 0.0983 e. The van der Waals surface area contributed by atoms with Gasteiger partial charge in [0.25, 0.3) is 0 Å². The lowest BCUT2D eigenvalue weighted by molar-refractivity contribution is 0.399. The van der Waals surface area contributed by atoms with Gasteiger partial charge in [-0.1, -0.05) is 19.8 Å². The van der Waals surface area contributed by atoms with Crippen molar-refractivity contribution in [2.75, 3.05) is 0 Å². The molecular formula is C11H21NOS. The minimum absolute atomic E-state index is 0.249. The predicted molar refractivity (Wildman–Crippen MR) is 63.1 cm³/mol. The quantitative estimate of drug-likeness (QED) is 0.718. The largest absolute Gasteiger partial charge is 0.242 e. The molecule has 0 unspecified atom stereocenters. The standard InChI is InChI=1S/C11H21NOS/c1-8-11(7,9(2)3)12-14(13)10(4,5)6/h1,9,12H,2-7H3/t11-,14+/m1/s1. The number of rotatable bonds is 3. The summed E-state index contributed by atoms with van der Waals surface area (Å²) >= 11 is 0. The lowest BCUT2D eigenvalue weighted by atomic mass is 9.91. The third kappa shape index (κ3) is 3.43. The van der Waals surface area contributed by atoms with Crippen molar-refractivity contribution >= 4 is 11.0 Å². The van der Waals surface area contributed by atoms with Crippen LogP contribution in [0.3, 0.4) is 0 Å². The topological polar surface area (TPSA) is 29.1 Å². The monoisotopic (exact) mass is 215 g/mol. The highest BCUT2D eigenvalue weighted by molar-refractivity contribution is 7.84. The second-order valence-electron chi connectivity index (χ2n) is 4.98. The first-order valence-corrected chi connectivity index (χ1v) is 5.96. The van der Waals surface area contributed by atoms with E-state index < -0.39 is 16.5 Å². The molecule has 0 aromatic heterocycles. The average molecular weight is 215 g/mol. The van der Waals surface area contributed by atoms with Gasteiger partial charge < -0.3 is 0 Å². The molecule has 0 heterocycles. The van der Waals surface area contributed by atoms with E-state index in [-0.39, 0.29) is 10.7 Å². The first-order valence-electron chi connectivity index (χ1n) is 4.81. The van der Waals surface area contributed by atoms with Gasteiger partial charge in [0.05, 0.1) is 21.3 Å². The van der Waals surface area contributed by atoms with Gasteiger partial charge in [0.15, 0.2) is 0 Å². The Bertz CT molecular complexity index is 259. The normalized spacial score (nSPS) is 18.7. The fourth-order valence-electron chi connectivity index (χ4n) is 0.660. The van der Waals surface area contributed by atoms with Gasteiger partial charge in [-0.15, -0.1) is 6.42 Å². The second-order valence-corrected chi connectivity index (χ2v) is 6.95. The summed E-state index contributed by atoms with van der Waals surface area (Å²) in [6.07, 6.45) is 5.45. The molecule has 1 N–H and O–H groups in total. The number of hydrogen-bond donors (Lipinski definition) is 1. The Balaban J connectivity index is 4.68. The predicted octanol–water partition coefficient (Wildman–Crippen LogP) is 2.09. The third-order valence-corrected chi connectivity index (χ3v) is 4.04. The molecule has 0 fully saturated rings. The van der Waals surface area contributed by atoms with E-state index in [0.717, 1.165) is 0 Å². The van der Waals surface area contributed by atoms with E-state index in [1.54, 1.807) is 0 Å². The Morgan fingerprint density at radius 2 is 1.71 bits per heavy atom. The van der Waals surface area contributed by atoms with Crippen LogP contribution in [0.1, 0.15) is 41.5 Å². The van der Waals surface area contributed by atoms with E-state index in [2.05, 4.69) is 10.6 Å². The molecular weight excluding hydrogens is 194 g/mol.